The molecular formula is C22H33N3O4. The van der Waals surface area contributed by atoms with Gasteiger partial charge in [-0.2, -0.15) is 0 Å². The first kappa shape index (κ1) is 21.4. The molecule has 0 radical (unpaired) electrons. The van der Waals surface area contributed by atoms with Crippen LogP contribution in [0.25, 0.3) is 0 Å². The number of hydrogen-bond donors (Lipinski definition) is 1. The Morgan fingerprint density at radius 1 is 1.07 bits per heavy atom. The van der Waals surface area contributed by atoms with Gasteiger partial charge < -0.3 is 19.5 Å². The summed E-state index contributed by atoms with van der Waals surface area (Å²) in [5.74, 6) is -0.111. The lowest BCUT2D eigenvalue weighted by Gasteiger charge is -2.34. The van der Waals surface area contributed by atoms with E-state index in [1.807, 2.05) is 23.6 Å². The smallest absolute Gasteiger partial charge is 0.355 e. The number of aromatic nitrogens is 1. The molecule has 2 fully saturated rings. The number of aryl methyl sites for hydroxylation is 1. The van der Waals surface area contributed by atoms with Crippen LogP contribution >= 0.6 is 0 Å². The van der Waals surface area contributed by atoms with Crippen LogP contribution in [0.3, 0.4) is 0 Å². The highest BCUT2D eigenvalue weighted by atomic mass is 16.5. The second-order valence-electron chi connectivity index (χ2n) is 8.16. The lowest BCUT2D eigenvalue weighted by Crippen LogP contribution is -2.46. The molecule has 2 aliphatic rings. The fourth-order valence-electron chi connectivity index (χ4n) is 4.56. The van der Waals surface area contributed by atoms with Gasteiger partial charge in [0.05, 0.1) is 12.5 Å². The number of rotatable bonds is 6. The summed E-state index contributed by atoms with van der Waals surface area (Å²) in [7, 11) is 0. The number of esters is 1. The highest BCUT2D eigenvalue weighted by molar-refractivity contribution is 5.90. The Balaban J connectivity index is 1.58. The molecule has 29 heavy (non-hydrogen) atoms. The van der Waals surface area contributed by atoms with Gasteiger partial charge in [-0.05, 0) is 64.0 Å². The van der Waals surface area contributed by atoms with Gasteiger partial charge in [-0.15, -0.1) is 0 Å². The number of amides is 2. The average molecular weight is 404 g/mol. The minimum Gasteiger partial charge on any atom is -0.461 e. The van der Waals surface area contributed by atoms with Crippen LogP contribution in [-0.4, -0.2) is 65.4 Å². The molecule has 2 aliphatic heterocycles. The van der Waals surface area contributed by atoms with Gasteiger partial charge in [-0.1, -0.05) is 0 Å². The van der Waals surface area contributed by atoms with Crippen molar-refractivity contribution in [1.82, 2.24) is 14.8 Å². The maximum Gasteiger partial charge on any atom is 0.355 e. The molecule has 1 atom stereocenters. The predicted octanol–water partition coefficient (Wildman–Crippen LogP) is 2.60. The zero-order valence-electron chi connectivity index (χ0n) is 17.9. The van der Waals surface area contributed by atoms with E-state index < -0.39 is 0 Å². The van der Waals surface area contributed by atoms with E-state index in [-0.39, 0.29) is 23.7 Å². The molecule has 0 spiro atoms. The van der Waals surface area contributed by atoms with Crippen LogP contribution in [0.4, 0.5) is 0 Å². The summed E-state index contributed by atoms with van der Waals surface area (Å²) >= 11 is 0. The molecule has 160 valence electrons. The van der Waals surface area contributed by atoms with Crippen molar-refractivity contribution < 1.29 is 19.1 Å². The van der Waals surface area contributed by atoms with E-state index in [0.717, 1.165) is 62.1 Å². The van der Waals surface area contributed by atoms with E-state index in [9.17, 15) is 14.4 Å². The first-order chi connectivity index (χ1) is 13.9. The molecule has 1 aromatic rings. The van der Waals surface area contributed by atoms with Crippen LogP contribution in [0.15, 0.2) is 0 Å². The first-order valence-corrected chi connectivity index (χ1v) is 10.8. The number of likely N-dealkylation sites (tertiary alicyclic amines) is 2. The molecule has 0 saturated carbocycles. The Labute approximate surface area is 172 Å². The number of aromatic amines is 1. The maximum atomic E-state index is 12.8. The summed E-state index contributed by atoms with van der Waals surface area (Å²) in [5.41, 5.74) is 3.23. The molecule has 7 nitrogen and oxygen atoms in total. The Hall–Kier alpha value is -2.31. The largest absolute Gasteiger partial charge is 0.461 e. The van der Waals surface area contributed by atoms with E-state index in [0.29, 0.717) is 31.7 Å². The van der Waals surface area contributed by atoms with Crippen LogP contribution in [0.2, 0.25) is 0 Å². The number of carbonyl (C=O) groups excluding carboxylic acids is 3. The number of ether oxygens (including phenoxy) is 1. The summed E-state index contributed by atoms with van der Waals surface area (Å²) in [6.07, 6.45) is 4.89. The number of nitrogens with zero attached hydrogens (tertiary/aromatic N) is 2. The lowest BCUT2D eigenvalue weighted by atomic mass is 9.96. The van der Waals surface area contributed by atoms with Gasteiger partial charge >= 0.3 is 5.97 Å². The molecule has 2 amide bonds. The van der Waals surface area contributed by atoms with Gasteiger partial charge in [-0.25, -0.2) is 4.79 Å². The number of hydrogen-bond acceptors (Lipinski definition) is 4. The van der Waals surface area contributed by atoms with Gasteiger partial charge in [0.1, 0.15) is 5.69 Å². The molecule has 3 rings (SSSR count). The van der Waals surface area contributed by atoms with Gasteiger partial charge in [0, 0.05) is 38.3 Å². The van der Waals surface area contributed by atoms with Gasteiger partial charge in [0.2, 0.25) is 11.8 Å². The number of H-pyrrole nitrogens is 1. The molecule has 7 heteroatoms. The molecule has 0 unspecified atom stereocenters. The van der Waals surface area contributed by atoms with Crippen molar-refractivity contribution in [3.05, 3.63) is 22.5 Å². The van der Waals surface area contributed by atoms with Crippen LogP contribution in [0.1, 0.15) is 66.3 Å². The second-order valence-corrected chi connectivity index (χ2v) is 8.16. The zero-order valence-corrected chi connectivity index (χ0v) is 17.9. The quantitative estimate of drug-likeness (QED) is 0.740. The lowest BCUT2D eigenvalue weighted by molar-refractivity contribution is -0.140. The zero-order chi connectivity index (χ0) is 21.0. The molecular weight excluding hydrogens is 370 g/mol. The van der Waals surface area contributed by atoms with E-state index >= 15 is 0 Å². The minimum absolute atomic E-state index is 0.0584. The average Bonchev–Trinajstić information content (AvgIpc) is 3.35. The Morgan fingerprint density at radius 2 is 1.76 bits per heavy atom. The molecule has 3 heterocycles. The molecule has 2 saturated heterocycles. The molecule has 1 aromatic heterocycles. The van der Waals surface area contributed by atoms with Crippen LogP contribution in [0, 0.1) is 19.8 Å². The highest BCUT2D eigenvalue weighted by Crippen LogP contribution is 2.24. The number of piperidine rings is 1. The summed E-state index contributed by atoms with van der Waals surface area (Å²) in [6.45, 7) is 8.90. The third-order valence-electron chi connectivity index (χ3n) is 6.20. The normalized spacial score (nSPS) is 19.5. The second kappa shape index (κ2) is 9.46. The number of carbonyl (C=O) groups is 3. The first-order valence-electron chi connectivity index (χ1n) is 10.8. The Bertz CT molecular complexity index is 764. The molecule has 0 bridgehead atoms. The van der Waals surface area contributed by atoms with E-state index in [1.165, 1.54) is 0 Å². The van der Waals surface area contributed by atoms with Crippen molar-refractivity contribution in [1.29, 1.82) is 0 Å². The standard InChI is InChI=1S/C22H33N3O4/c1-4-29-22(28)20-15(2)18(16(3)23-20)9-10-19(26)25-13-7-8-17(14-25)21(27)24-11-5-6-12-24/h17,23H,4-14H2,1-3H3/t17-/m0/s1. The van der Waals surface area contributed by atoms with Crippen LogP contribution < -0.4 is 0 Å². The fraction of sp³-hybridized carbons (Fsp3) is 0.682. The molecule has 0 aliphatic carbocycles. The Kier molecular flexibility index (Phi) is 6.98. The van der Waals surface area contributed by atoms with Gasteiger partial charge in [0.15, 0.2) is 0 Å². The summed E-state index contributed by atoms with van der Waals surface area (Å²) < 4.78 is 5.09. The topological polar surface area (TPSA) is 82.7 Å². The summed E-state index contributed by atoms with van der Waals surface area (Å²) in [6, 6.07) is 0. The summed E-state index contributed by atoms with van der Waals surface area (Å²) in [4.78, 5) is 44.5. The number of nitrogens with one attached hydrogen (secondary N) is 1. The summed E-state index contributed by atoms with van der Waals surface area (Å²) in [5, 5.41) is 0. The highest BCUT2D eigenvalue weighted by Gasteiger charge is 2.32. The maximum absolute atomic E-state index is 12.8. The minimum atomic E-state index is -0.357. The third kappa shape index (κ3) is 4.82. The van der Waals surface area contributed by atoms with Crippen LogP contribution in [-0.2, 0) is 20.7 Å². The van der Waals surface area contributed by atoms with Gasteiger partial charge in [0.25, 0.3) is 0 Å². The molecule has 1 N–H and O–H groups in total. The van der Waals surface area contributed by atoms with Gasteiger partial charge in [-0.3, -0.25) is 9.59 Å². The van der Waals surface area contributed by atoms with Crippen molar-refractivity contribution in [3.8, 4) is 0 Å². The SMILES string of the molecule is CCOC(=O)c1[nH]c(C)c(CCC(=O)N2CCC[C@H](C(=O)N3CCCC3)C2)c1C. The van der Waals surface area contributed by atoms with Crippen molar-refractivity contribution in [3.63, 3.8) is 0 Å². The van der Waals surface area contributed by atoms with Crippen molar-refractivity contribution in [2.24, 2.45) is 5.92 Å². The van der Waals surface area contributed by atoms with E-state index in [1.54, 1.807) is 6.92 Å². The van der Waals surface area contributed by atoms with Crippen molar-refractivity contribution in [2.75, 3.05) is 32.8 Å². The van der Waals surface area contributed by atoms with Crippen molar-refractivity contribution in [2.45, 2.75) is 59.3 Å². The Morgan fingerprint density at radius 3 is 2.45 bits per heavy atom. The monoisotopic (exact) mass is 403 g/mol. The fourth-order valence-corrected chi connectivity index (χ4v) is 4.56. The van der Waals surface area contributed by atoms with Crippen LogP contribution in [0.5, 0.6) is 0 Å². The van der Waals surface area contributed by atoms with E-state index in [2.05, 4.69) is 4.98 Å². The predicted molar refractivity (Wildman–Crippen MR) is 110 cm³/mol. The molecule has 0 aromatic carbocycles. The van der Waals surface area contributed by atoms with Crippen molar-refractivity contribution >= 4 is 17.8 Å². The van der Waals surface area contributed by atoms with E-state index in [4.69, 9.17) is 4.74 Å². The third-order valence-corrected chi connectivity index (χ3v) is 6.20.